The van der Waals surface area contributed by atoms with Gasteiger partial charge in [0.15, 0.2) is 18.0 Å². The number of halogens is 6. The summed E-state index contributed by atoms with van der Waals surface area (Å²) in [7, 11) is 0. The van der Waals surface area contributed by atoms with Gasteiger partial charge in [-0.1, -0.05) is 6.58 Å². The molecule has 0 spiro atoms. The van der Waals surface area contributed by atoms with Crippen molar-refractivity contribution in [2.75, 3.05) is 0 Å². The molecule has 2 aliphatic rings. The van der Waals surface area contributed by atoms with E-state index in [1.54, 1.807) is 0 Å². The van der Waals surface area contributed by atoms with Crippen LogP contribution in [0.3, 0.4) is 0 Å². The van der Waals surface area contributed by atoms with Crippen LogP contribution in [0.4, 0.5) is 26.3 Å². The number of aliphatic carboxylic acids is 1. The van der Waals surface area contributed by atoms with Crippen LogP contribution in [-0.4, -0.2) is 47.1 Å². The largest absolute Gasteiger partial charge is 0.478 e. The van der Waals surface area contributed by atoms with E-state index in [4.69, 9.17) is 5.11 Å². The lowest BCUT2D eigenvalue weighted by atomic mass is 9.77. The van der Waals surface area contributed by atoms with Crippen molar-refractivity contribution in [3.63, 3.8) is 0 Å². The Kier molecular flexibility index (Phi) is 2.51. The summed E-state index contributed by atoms with van der Waals surface area (Å²) in [4.78, 5) is 10.5. The molecule has 2 nitrogen and oxygen atoms in total. The Hall–Kier alpha value is -1.21. The zero-order valence-electron chi connectivity index (χ0n) is 8.72. The van der Waals surface area contributed by atoms with Crippen LogP contribution in [0.25, 0.3) is 0 Å². The lowest BCUT2D eigenvalue weighted by Gasteiger charge is -2.37. The first kappa shape index (κ1) is 13.2. The van der Waals surface area contributed by atoms with Crippen LogP contribution in [0, 0.1) is 5.92 Å². The topological polar surface area (TPSA) is 37.3 Å². The van der Waals surface area contributed by atoms with Crippen molar-refractivity contribution >= 4 is 5.97 Å². The Morgan fingerprint density at radius 2 is 1.61 bits per heavy atom. The Labute approximate surface area is 97.3 Å². The van der Waals surface area contributed by atoms with Crippen LogP contribution in [0.5, 0.6) is 0 Å². The third kappa shape index (κ3) is 1.09. The minimum atomic E-state index is -4.02. The zero-order valence-corrected chi connectivity index (χ0v) is 8.72. The summed E-state index contributed by atoms with van der Waals surface area (Å²) in [6.45, 7) is 2.67. The molecule has 7 atom stereocenters. The molecule has 0 saturated heterocycles. The van der Waals surface area contributed by atoms with E-state index in [0.717, 1.165) is 0 Å². The van der Waals surface area contributed by atoms with Gasteiger partial charge < -0.3 is 5.11 Å². The van der Waals surface area contributed by atoms with E-state index in [-0.39, 0.29) is 0 Å². The highest BCUT2D eigenvalue weighted by Gasteiger charge is 2.84. The molecule has 2 rings (SSSR count). The molecule has 0 radical (unpaired) electrons. The monoisotopic (exact) mass is 274 g/mol. The second-order valence-corrected chi connectivity index (χ2v) is 4.52. The van der Waals surface area contributed by atoms with Gasteiger partial charge in [0, 0.05) is 0 Å². The second kappa shape index (κ2) is 3.42. The Bertz CT molecular complexity index is 429. The predicted molar refractivity (Wildman–Crippen MR) is 47.5 cm³/mol. The molecule has 0 heterocycles. The average Bonchev–Trinajstić information content (AvgIpc) is 2.57. The van der Waals surface area contributed by atoms with Gasteiger partial charge in [0.25, 0.3) is 0 Å². The number of carboxylic acid groups (broad SMARTS) is 1. The molecule has 0 aromatic carbocycles. The molecule has 1 N–H and O–H groups in total. The quantitative estimate of drug-likeness (QED) is 0.618. The molecule has 2 fully saturated rings. The Morgan fingerprint density at radius 1 is 1.11 bits per heavy atom. The molecular weight excluding hydrogens is 266 g/mol. The van der Waals surface area contributed by atoms with Gasteiger partial charge in [-0.05, 0) is 0 Å². The molecule has 0 aromatic heterocycles. The van der Waals surface area contributed by atoms with Gasteiger partial charge in [-0.3, -0.25) is 0 Å². The number of hydrogen-bond acceptors (Lipinski definition) is 1. The summed E-state index contributed by atoms with van der Waals surface area (Å²) in [6.07, 6.45) is -12.7. The maximum absolute atomic E-state index is 14.2. The van der Waals surface area contributed by atoms with Crippen LogP contribution in [0.2, 0.25) is 0 Å². The molecule has 18 heavy (non-hydrogen) atoms. The summed E-state index contributed by atoms with van der Waals surface area (Å²) >= 11 is 0. The van der Waals surface area contributed by atoms with E-state index in [1.165, 1.54) is 0 Å². The first-order valence-corrected chi connectivity index (χ1v) is 4.98. The minimum absolute atomic E-state index is 1.52. The van der Waals surface area contributed by atoms with Crippen molar-refractivity contribution in [3.05, 3.63) is 12.2 Å². The maximum atomic E-state index is 14.2. The first-order chi connectivity index (χ1) is 8.11. The van der Waals surface area contributed by atoms with Crippen molar-refractivity contribution < 1.29 is 36.2 Å². The highest BCUT2D eigenvalue weighted by molar-refractivity contribution is 5.89. The SMILES string of the molecule is C=C(C(=O)O)C1(F)C2C(F)C(F)C(F)(C2F)C1F. The fourth-order valence-electron chi connectivity index (χ4n) is 2.75. The van der Waals surface area contributed by atoms with E-state index >= 15 is 0 Å². The van der Waals surface area contributed by atoms with Crippen molar-refractivity contribution in [1.29, 1.82) is 0 Å². The summed E-state index contributed by atoms with van der Waals surface area (Å²) < 4.78 is 81.5. The van der Waals surface area contributed by atoms with E-state index in [0.29, 0.717) is 0 Å². The van der Waals surface area contributed by atoms with E-state index < -0.39 is 53.5 Å². The lowest BCUT2D eigenvalue weighted by molar-refractivity contribution is -0.139. The number of carbonyl (C=O) groups is 1. The van der Waals surface area contributed by atoms with Gasteiger partial charge in [-0.2, -0.15) is 0 Å². The van der Waals surface area contributed by atoms with Crippen molar-refractivity contribution in [1.82, 2.24) is 0 Å². The van der Waals surface area contributed by atoms with Crippen LogP contribution in [0.15, 0.2) is 12.2 Å². The number of rotatable bonds is 2. The van der Waals surface area contributed by atoms with Gasteiger partial charge in [-0.25, -0.2) is 31.1 Å². The number of fused-ring (bicyclic) bond motifs is 2. The number of alkyl halides is 6. The van der Waals surface area contributed by atoms with Gasteiger partial charge in [0.1, 0.15) is 12.3 Å². The van der Waals surface area contributed by atoms with Crippen molar-refractivity contribution in [3.8, 4) is 0 Å². The molecule has 7 unspecified atom stereocenters. The fourth-order valence-corrected chi connectivity index (χ4v) is 2.75. The van der Waals surface area contributed by atoms with Crippen LogP contribution >= 0.6 is 0 Å². The molecule has 0 aromatic rings. The fraction of sp³-hybridized carbons (Fsp3) is 0.700. The number of hydrogen-bond donors (Lipinski definition) is 1. The highest BCUT2D eigenvalue weighted by Crippen LogP contribution is 2.63. The van der Waals surface area contributed by atoms with Crippen LogP contribution in [-0.2, 0) is 4.79 Å². The second-order valence-electron chi connectivity index (χ2n) is 4.52. The van der Waals surface area contributed by atoms with E-state index in [2.05, 4.69) is 6.58 Å². The highest BCUT2D eigenvalue weighted by atomic mass is 19.2. The van der Waals surface area contributed by atoms with Crippen molar-refractivity contribution in [2.45, 2.75) is 36.0 Å². The van der Waals surface area contributed by atoms with Crippen LogP contribution < -0.4 is 0 Å². The molecule has 8 heteroatoms. The average molecular weight is 274 g/mol. The first-order valence-electron chi connectivity index (χ1n) is 4.98. The van der Waals surface area contributed by atoms with Crippen LogP contribution in [0.1, 0.15) is 0 Å². The van der Waals surface area contributed by atoms with Gasteiger partial charge >= 0.3 is 5.97 Å². The molecule has 102 valence electrons. The molecule has 0 amide bonds. The molecular formula is C10H8F6O2. The Balaban J connectivity index is 2.55. The summed E-state index contributed by atoms with van der Waals surface area (Å²) in [5, 5.41) is 8.51. The molecule has 0 aliphatic heterocycles. The van der Waals surface area contributed by atoms with E-state index in [9.17, 15) is 31.1 Å². The smallest absolute Gasteiger partial charge is 0.334 e. The van der Waals surface area contributed by atoms with Crippen molar-refractivity contribution in [2.24, 2.45) is 5.92 Å². The number of carboxylic acids is 1. The standard InChI is InChI=1S/C10H8F6O2/c1-2(7(17)18)9(15)3-4(11)6(13)10(16,5(3)12)8(9)14/h3-6,8H,1H2,(H,17,18). The van der Waals surface area contributed by atoms with Gasteiger partial charge in [-0.15, -0.1) is 0 Å². The summed E-state index contributed by atoms with van der Waals surface area (Å²) in [5.41, 5.74) is -9.32. The third-order valence-corrected chi connectivity index (χ3v) is 3.75. The third-order valence-electron chi connectivity index (χ3n) is 3.75. The normalized spacial score (nSPS) is 54.7. The Morgan fingerprint density at radius 3 is 2.00 bits per heavy atom. The molecule has 2 aliphatic carbocycles. The molecule has 2 saturated carbocycles. The van der Waals surface area contributed by atoms with Gasteiger partial charge in [0.2, 0.25) is 5.67 Å². The summed E-state index contributed by atoms with van der Waals surface area (Å²) in [6, 6.07) is 0. The maximum Gasteiger partial charge on any atom is 0.334 e. The minimum Gasteiger partial charge on any atom is -0.478 e. The molecule has 2 bridgehead atoms. The zero-order chi connectivity index (χ0) is 14.0. The summed E-state index contributed by atoms with van der Waals surface area (Å²) in [5.74, 6) is -4.75. The van der Waals surface area contributed by atoms with E-state index in [1.807, 2.05) is 0 Å². The predicted octanol–water partition coefficient (Wildman–Crippen LogP) is 2.04. The lowest BCUT2D eigenvalue weighted by Crippen LogP contribution is -2.58. The van der Waals surface area contributed by atoms with Gasteiger partial charge in [0.05, 0.1) is 11.5 Å².